The first-order chi connectivity index (χ1) is 8.32. The number of anilines is 1. The Kier molecular flexibility index (Phi) is 3.52. The summed E-state index contributed by atoms with van der Waals surface area (Å²) < 4.78 is 25.4. The molecule has 18 heavy (non-hydrogen) atoms. The van der Waals surface area contributed by atoms with Gasteiger partial charge in [0.15, 0.2) is 0 Å². The molecule has 2 atom stereocenters. The van der Waals surface area contributed by atoms with Crippen LogP contribution in [-0.4, -0.2) is 48.2 Å². The number of aliphatic hydroxyl groups excluding tert-OH is 2. The van der Waals surface area contributed by atoms with E-state index in [4.69, 9.17) is 17.3 Å². The number of aliphatic hydroxyl groups is 2. The predicted octanol–water partition coefficient (Wildman–Crippen LogP) is -0.352. The van der Waals surface area contributed by atoms with Crippen molar-refractivity contribution in [3.8, 4) is 0 Å². The Morgan fingerprint density at radius 2 is 1.83 bits per heavy atom. The molecule has 0 aliphatic carbocycles. The summed E-state index contributed by atoms with van der Waals surface area (Å²) in [5.74, 6) is 0. The van der Waals surface area contributed by atoms with E-state index in [1.54, 1.807) is 0 Å². The first-order valence-corrected chi connectivity index (χ1v) is 7.05. The molecule has 1 heterocycles. The third-order valence-electron chi connectivity index (χ3n) is 2.84. The van der Waals surface area contributed by atoms with Gasteiger partial charge in [-0.05, 0) is 18.2 Å². The van der Waals surface area contributed by atoms with Crippen LogP contribution < -0.4 is 5.73 Å². The highest BCUT2D eigenvalue weighted by Gasteiger charge is 2.37. The van der Waals surface area contributed by atoms with Gasteiger partial charge >= 0.3 is 0 Å². The van der Waals surface area contributed by atoms with E-state index < -0.39 is 22.2 Å². The molecule has 0 bridgehead atoms. The molecule has 0 aromatic heterocycles. The number of halogens is 1. The van der Waals surface area contributed by atoms with Crippen LogP contribution in [0.25, 0.3) is 0 Å². The standard InChI is InChI=1S/C10H13ClN2O4S/c11-7-3-6(1-2-8(7)12)18(16,17)13-4-9(14)10(15)5-13/h1-3,9-10,14-15H,4-5,12H2. The molecule has 4 N–H and O–H groups in total. The average molecular weight is 293 g/mol. The second-order valence-electron chi connectivity index (χ2n) is 4.14. The molecular weight excluding hydrogens is 280 g/mol. The molecule has 1 saturated heterocycles. The minimum atomic E-state index is -3.77. The highest BCUT2D eigenvalue weighted by molar-refractivity contribution is 7.89. The summed E-state index contributed by atoms with van der Waals surface area (Å²) in [6.45, 7) is -0.267. The van der Waals surface area contributed by atoms with Crippen LogP contribution in [0.1, 0.15) is 0 Å². The fourth-order valence-electron chi connectivity index (χ4n) is 1.75. The zero-order valence-electron chi connectivity index (χ0n) is 9.32. The van der Waals surface area contributed by atoms with Crippen LogP contribution in [0.5, 0.6) is 0 Å². The summed E-state index contributed by atoms with van der Waals surface area (Å²) in [7, 11) is -3.77. The SMILES string of the molecule is Nc1ccc(S(=O)(=O)N2CC(O)C(O)C2)cc1Cl. The second-order valence-corrected chi connectivity index (χ2v) is 6.49. The van der Waals surface area contributed by atoms with Crippen molar-refractivity contribution in [2.75, 3.05) is 18.8 Å². The van der Waals surface area contributed by atoms with Crippen LogP contribution in [0, 0.1) is 0 Å². The molecule has 0 saturated carbocycles. The Labute approximate surface area is 110 Å². The maximum absolute atomic E-state index is 12.2. The fourth-order valence-corrected chi connectivity index (χ4v) is 3.50. The van der Waals surface area contributed by atoms with E-state index >= 15 is 0 Å². The van der Waals surface area contributed by atoms with Crippen molar-refractivity contribution in [1.29, 1.82) is 0 Å². The normalized spacial score (nSPS) is 25.5. The Morgan fingerprint density at radius 1 is 1.28 bits per heavy atom. The molecule has 1 fully saturated rings. The second kappa shape index (κ2) is 4.67. The van der Waals surface area contributed by atoms with Gasteiger partial charge in [-0.3, -0.25) is 0 Å². The summed E-state index contributed by atoms with van der Waals surface area (Å²) in [6.07, 6.45) is -2.13. The van der Waals surface area contributed by atoms with E-state index in [1.165, 1.54) is 18.2 Å². The average Bonchev–Trinajstić information content (AvgIpc) is 2.64. The smallest absolute Gasteiger partial charge is 0.243 e. The first kappa shape index (κ1) is 13.6. The van der Waals surface area contributed by atoms with Crippen LogP contribution in [0.2, 0.25) is 5.02 Å². The van der Waals surface area contributed by atoms with Crippen LogP contribution >= 0.6 is 11.6 Å². The molecule has 2 unspecified atom stereocenters. The van der Waals surface area contributed by atoms with Gasteiger partial charge in [0.05, 0.1) is 27.8 Å². The Morgan fingerprint density at radius 3 is 2.33 bits per heavy atom. The van der Waals surface area contributed by atoms with Gasteiger partial charge in [0.1, 0.15) is 0 Å². The molecule has 0 amide bonds. The van der Waals surface area contributed by atoms with Gasteiger partial charge < -0.3 is 15.9 Å². The Balaban J connectivity index is 2.34. The van der Waals surface area contributed by atoms with Gasteiger partial charge in [0, 0.05) is 13.1 Å². The minimum absolute atomic E-state index is 0.0111. The monoisotopic (exact) mass is 292 g/mol. The summed E-state index contributed by atoms with van der Waals surface area (Å²) in [5, 5.41) is 18.9. The van der Waals surface area contributed by atoms with Gasteiger partial charge in [-0.1, -0.05) is 11.6 Å². The molecule has 1 aliphatic rings. The lowest BCUT2D eigenvalue weighted by Gasteiger charge is -2.15. The summed E-state index contributed by atoms with van der Waals surface area (Å²) >= 11 is 5.78. The molecular formula is C10H13ClN2O4S. The van der Waals surface area contributed by atoms with Crippen molar-refractivity contribution in [1.82, 2.24) is 4.31 Å². The number of sulfonamides is 1. The summed E-state index contributed by atoms with van der Waals surface area (Å²) in [5.41, 5.74) is 5.80. The Bertz CT molecular complexity index is 553. The van der Waals surface area contributed by atoms with Crippen LogP contribution in [0.15, 0.2) is 23.1 Å². The molecule has 1 aliphatic heterocycles. The van der Waals surface area contributed by atoms with Crippen molar-refractivity contribution < 1.29 is 18.6 Å². The van der Waals surface area contributed by atoms with Crippen molar-refractivity contribution in [2.45, 2.75) is 17.1 Å². The molecule has 100 valence electrons. The van der Waals surface area contributed by atoms with Crippen LogP contribution in [0.4, 0.5) is 5.69 Å². The number of nitrogens with zero attached hydrogens (tertiary/aromatic N) is 1. The number of nitrogens with two attached hydrogens (primary N) is 1. The van der Waals surface area contributed by atoms with Crippen molar-refractivity contribution >= 4 is 27.3 Å². The molecule has 6 nitrogen and oxygen atoms in total. The third kappa shape index (κ3) is 2.32. The maximum atomic E-state index is 12.2. The third-order valence-corrected chi connectivity index (χ3v) is 4.99. The number of β-amino-alcohol motifs (C(OH)–C–C–N with tert-alkyl or cyclic N) is 2. The minimum Gasteiger partial charge on any atom is -0.398 e. The number of benzene rings is 1. The molecule has 1 aromatic carbocycles. The largest absolute Gasteiger partial charge is 0.398 e. The van der Waals surface area contributed by atoms with Gasteiger partial charge in [0.2, 0.25) is 10.0 Å². The topological polar surface area (TPSA) is 104 Å². The number of hydrogen-bond acceptors (Lipinski definition) is 5. The summed E-state index contributed by atoms with van der Waals surface area (Å²) in [6, 6.07) is 4.00. The predicted molar refractivity (Wildman–Crippen MR) is 66.6 cm³/mol. The van der Waals surface area contributed by atoms with Gasteiger partial charge in [-0.15, -0.1) is 0 Å². The molecule has 1 aromatic rings. The lowest BCUT2D eigenvalue weighted by atomic mass is 10.3. The summed E-state index contributed by atoms with van der Waals surface area (Å²) in [4.78, 5) is -0.0111. The van der Waals surface area contributed by atoms with Crippen LogP contribution in [-0.2, 0) is 10.0 Å². The zero-order chi connectivity index (χ0) is 13.5. The zero-order valence-corrected chi connectivity index (χ0v) is 10.9. The van der Waals surface area contributed by atoms with Crippen molar-refractivity contribution in [2.24, 2.45) is 0 Å². The van der Waals surface area contributed by atoms with Gasteiger partial charge in [0.25, 0.3) is 0 Å². The number of hydrogen-bond donors (Lipinski definition) is 3. The molecule has 2 rings (SSSR count). The quantitative estimate of drug-likeness (QED) is 0.646. The maximum Gasteiger partial charge on any atom is 0.243 e. The van der Waals surface area contributed by atoms with E-state index in [0.29, 0.717) is 0 Å². The lowest BCUT2D eigenvalue weighted by Crippen LogP contribution is -2.30. The fraction of sp³-hybridized carbons (Fsp3) is 0.400. The lowest BCUT2D eigenvalue weighted by molar-refractivity contribution is 0.0572. The first-order valence-electron chi connectivity index (χ1n) is 5.23. The molecule has 0 spiro atoms. The van der Waals surface area contributed by atoms with Gasteiger partial charge in [-0.25, -0.2) is 8.42 Å². The van der Waals surface area contributed by atoms with Gasteiger partial charge in [-0.2, -0.15) is 4.31 Å². The van der Waals surface area contributed by atoms with E-state index in [-0.39, 0.29) is 28.7 Å². The highest BCUT2D eigenvalue weighted by Crippen LogP contribution is 2.26. The highest BCUT2D eigenvalue weighted by atomic mass is 35.5. The molecule has 8 heteroatoms. The Hall–Kier alpha value is -0.860. The number of nitrogen functional groups attached to an aromatic ring is 1. The van der Waals surface area contributed by atoms with Crippen molar-refractivity contribution in [3.05, 3.63) is 23.2 Å². The van der Waals surface area contributed by atoms with Crippen molar-refractivity contribution in [3.63, 3.8) is 0 Å². The van der Waals surface area contributed by atoms with E-state index in [2.05, 4.69) is 0 Å². The van der Waals surface area contributed by atoms with E-state index in [1.807, 2.05) is 0 Å². The van der Waals surface area contributed by atoms with E-state index in [9.17, 15) is 18.6 Å². The molecule has 0 radical (unpaired) electrons. The number of rotatable bonds is 2. The van der Waals surface area contributed by atoms with E-state index in [0.717, 1.165) is 4.31 Å². The van der Waals surface area contributed by atoms with Crippen LogP contribution in [0.3, 0.4) is 0 Å².